The van der Waals surface area contributed by atoms with Gasteiger partial charge in [-0.1, -0.05) is 37.5 Å². The molecule has 114 valence electrons. The summed E-state index contributed by atoms with van der Waals surface area (Å²) in [7, 11) is 0. The number of amides is 2. The highest BCUT2D eigenvalue weighted by atomic mass is 16.2. The molecule has 1 aliphatic rings. The highest BCUT2D eigenvalue weighted by Crippen LogP contribution is 2.17. The van der Waals surface area contributed by atoms with Crippen LogP contribution in [-0.2, 0) is 9.59 Å². The average molecular weight is 289 g/mol. The van der Waals surface area contributed by atoms with Crippen molar-refractivity contribution < 1.29 is 9.59 Å². The molecule has 21 heavy (non-hydrogen) atoms. The molecule has 1 aromatic rings. The van der Waals surface area contributed by atoms with Gasteiger partial charge in [0.05, 0.1) is 5.69 Å². The number of hydrogen-bond donors (Lipinski definition) is 3. The van der Waals surface area contributed by atoms with Gasteiger partial charge in [0.1, 0.15) is 0 Å². The molecular formula is C16H23N3O2. The number of carbonyl (C=O) groups excluding carboxylic acids is 2. The Kier molecular flexibility index (Phi) is 6.06. The maximum atomic E-state index is 11.8. The number of carbonyl (C=O) groups is 2. The standard InChI is InChI=1S/C16H23N3O2/c20-15(17-13-7-3-1-4-8-13)11-12-16(21)19-18-14-9-5-2-6-10-14/h2,5-6,9-10,13,18H,1,3-4,7-8,11-12H2,(H,17,20)(H,19,21). The largest absolute Gasteiger partial charge is 0.353 e. The summed E-state index contributed by atoms with van der Waals surface area (Å²) in [6.07, 6.45) is 6.19. The van der Waals surface area contributed by atoms with Crippen LogP contribution < -0.4 is 16.2 Å². The lowest BCUT2D eigenvalue weighted by molar-refractivity contribution is -0.126. The van der Waals surface area contributed by atoms with Gasteiger partial charge in [-0.05, 0) is 25.0 Å². The topological polar surface area (TPSA) is 70.2 Å². The Balaban J connectivity index is 1.60. The third kappa shape index (κ3) is 5.85. The molecule has 0 unspecified atom stereocenters. The molecule has 0 aromatic heterocycles. The second kappa shape index (κ2) is 8.29. The number of nitrogens with one attached hydrogen (secondary N) is 3. The normalized spacial score (nSPS) is 15.2. The Morgan fingerprint density at radius 1 is 0.952 bits per heavy atom. The van der Waals surface area contributed by atoms with E-state index in [0.29, 0.717) is 6.04 Å². The summed E-state index contributed by atoms with van der Waals surface area (Å²) in [6.45, 7) is 0. The SMILES string of the molecule is O=C(CCC(=O)NC1CCCCC1)NNc1ccccc1. The quantitative estimate of drug-likeness (QED) is 0.704. The van der Waals surface area contributed by atoms with Crippen molar-refractivity contribution in [3.8, 4) is 0 Å². The van der Waals surface area contributed by atoms with E-state index in [-0.39, 0.29) is 24.7 Å². The van der Waals surface area contributed by atoms with Crippen LogP contribution >= 0.6 is 0 Å². The summed E-state index contributed by atoms with van der Waals surface area (Å²) < 4.78 is 0. The Labute approximate surface area is 125 Å². The molecule has 5 heteroatoms. The fraction of sp³-hybridized carbons (Fsp3) is 0.500. The molecule has 2 rings (SSSR count). The number of hydrogen-bond acceptors (Lipinski definition) is 3. The minimum atomic E-state index is -0.183. The second-order valence-electron chi connectivity index (χ2n) is 5.44. The molecule has 0 bridgehead atoms. The highest BCUT2D eigenvalue weighted by molar-refractivity contribution is 5.84. The zero-order valence-corrected chi connectivity index (χ0v) is 12.2. The van der Waals surface area contributed by atoms with Crippen molar-refractivity contribution in [3.63, 3.8) is 0 Å². The monoisotopic (exact) mass is 289 g/mol. The third-order valence-electron chi connectivity index (χ3n) is 3.67. The molecule has 0 atom stereocenters. The Morgan fingerprint density at radius 3 is 2.33 bits per heavy atom. The van der Waals surface area contributed by atoms with E-state index in [9.17, 15) is 9.59 Å². The third-order valence-corrected chi connectivity index (χ3v) is 3.67. The van der Waals surface area contributed by atoms with Crippen LogP contribution in [-0.4, -0.2) is 17.9 Å². The number of benzene rings is 1. The first kappa shape index (κ1) is 15.4. The lowest BCUT2D eigenvalue weighted by atomic mass is 9.95. The molecule has 5 nitrogen and oxygen atoms in total. The summed E-state index contributed by atoms with van der Waals surface area (Å²) in [6, 6.07) is 9.68. The summed E-state index contributed by atoms with van der Waals surface area (Å²) in [5.41, 5.74) is 6.22. The molecule has 2 amide bonds. The van der Waals surface area contributed by atoms with E-state index in [1.807, 2.05) is 30.3 Å². The van der Waals surface area contributed by atoms with Gasteiger partial charge in [-0.3, -0.25) is 20.4 Å². The van der Waals surface area contributed by atoms with E-state index in [0.717, 1.165) is 18.5 Å². The average Bonchev–Trinajstić information content (AvgIpc) is 2.53. The van der Waals surface area contributed by atoms with Gasteiger partial charge in [0.25, 0.3) is 0 Å². The van der Waals surface area contributed by atoms with Crippen molar-refractivity contribution in [2.45, 2.75) is 51.0 Å². The van der Waals surface area contributed by atoms with Crippen LogP contribution in [0.3, 0.4) is 0 Å². The van der Waals surface area contributed by atoms with Crippen LogP contribution in [0.2, 0.25) is 0 Å². The van der Waals surface area contributed by atoms with Gasteiger partial charge in [0.2, 0.25) is 11.8 Å². The maximum absolute atomic E-state index is 11.8. The van der Waals surface area contributed by atoms with Crippen LogP contribution in [0.5, 0.6) is 0 Å². The molecule has 1 aromatic carbocycles. The molecule has 0 aliphatic heterocycles. The molecule has 0 spiro atoms. The van der Waals surface area contributed by atoms with Crippen molar-refractivity contribution >= 4 is 17.5 Å². The minimum Gasteiger partial charge on any atom is -0.353 e. The molecule has 0 saturated heterocycles. The fourth-order valence-corrected chi connectivity index (χ4v) is 2.50. The predicted octanol–water partition coefficient (Wildman–Crippen LogP) is 2.36. The van der Waals surface area contributed by atoms with E-state index in [1.165, 1.54) is 19.3 Å². The summed E-state index contributed by atoms with van der Waals surface area (Å²) >= 11 is 0. The van der Waals surface area contributed by atoms with Crippen LogP contribution in [0, 0.1) is 0 Å². The zero-order valence-electron chi connectivity index (χ0n) is 12.2. The van der Waals surface area contributed by atoms with Gasteiger partial charge < -0.3 is 5.32 Å². The molecular weight excluding hydrogens is 266 g/mol. The van der Waals surface area contributed by atoms with Crippen molar-refractivity contribution in [3.05, 3.63) is 30.3 Å². The van der Waals surface area contributed by atoms with Crippen LogP contribution in [0.4, 0.5) is 5.69 Å². The lowest BCUT2D eigenvalue weighted by Crippen LogP contribution is -2.37. The number of rotatable bonds is 6. The van der Waals surface area contributed by atoms with Crippen LogP contribution in [0.25, 0.3) is 0 Å². The summed E-state index contributed by atoms with van der Waals surface area (Å²) in [5.74, 6) is -0.214. The summed E-state index contributed by atoms with van der Waals surface area (Å²) in [5, 5.41) is 3.01. The summed E-state index contributed by atoms with van der Waals surface area (Å²) in [4.78, 5) is 23.4. The van der Waals surface area contributed by atoms with Gasteiger partial charge in [-0.25, -0.2) is 0 Å². The van der Waals surface area contributed by atoms with Crippen molar-refractivity contribution in [2.75, 3.05) is 5.43 Å². The smallest absolute Gasteiger partial charge is 0.238 e. The van der Waals surface area contributed by atoms with E-state index in [1.54, 1.807) is 0 Å². The van der Waals surface area contributed by atoms with Gasteiger partial charge in [-0.2, -0.15) is 0 Å². The van der Waals surface area contributed by atoms with E-state index in [4.69, 9.17) is 0 Å². The van der Waals surface area contributed by atoms with E-state index < -0.39 is 0 Å². The van der Waals surface area contributed by atoms with Gasteiger partial charge >= 0.3 is 0 Å². The Hall–Kier alpha value is -2.04. The first-order chi connectivity index (χ1) is 10.2. The lowest BCUT2D eigenvalue weighted by Gasteiger charge is -2.22. The molecule has 1 fully saturated rings. The number of anilines is 1. The number of para-hydroxylation sites is 1. The molecule has 1 saturated carbocycles. The molecule has 1 aliphatic carbocycles. The Morgan fingerprint density at radius 2 is 1.62 bits per heavy atom. The highest BCUT2D eigenvalue weighted by Gasteiger charge is 2.16. The van der Waals surface area contributed by atoms with Gasteiger partial charge in [0, 0.05) is 18.9 Å². The maximum Gasteiger partial charge on any atom is 0.238 e. The van der Waals surface area contributed by atoms with Crippen LogP contribution in [0.1, 0.15) is 44.9 Å². The fourth-order valence-electron chi connectivity index (χ4n) is 2.50. The van der Waals surface area contributed by atoms with Crippen molar-refractivity contribution in [2.24, 2.45) is 0 Å². The minimum absolute atomic E-state index is 0.0308. The van der Waals surface area contributed by atoms with E-state index in [2.05, 4.69) is 16.2 Å². The molecule has 0 radical (unpaired) electrons. The van der Waals surface area contributed by atoms with Gasteiger partial charge in [0.15, 0.2) is 0 Å². The molecule has 0 heterocycles. The molecule has 3 N–H and O–H groups in total. The Bertz CT molecular complexity index is 456. The first-order valence-electron chi connectivity index (χ1n) is 7.63. The number of hydrazine groups is 1. The first-order valence-corrected chi connectivity index (χ1v) is 7.63. The zero-order chi connectivity index (χ0) is 14.9. The predicted molar refractivity (Wildman–Crippen MR) is 82.5 cm³/mol. The van der Waals surface area contributed by atoms with E-state index >= 15 is 0 Å². The second-order valence-corrected chi connectivity index (χ2v) is 5.44. The van der Waals surface area contributed by atoms with Crippen LogP contribution in [0.15, 0.2) is 30.3 Å². The van der Waals surface area contributed by atoms with Crippen molar-refractivity contribution in [1.29, 1.82) is 0 Å². The van der Waals surface area contributed by atoms with Crippen molar-refractivity contribution in [1.82, 2.24) is 10.7 Å². The van der Waals surface area contributed by atoms with Gasteiger partial charge in [-0.15, -0.1) is 0 Å².